The lowest BCUT2D eigenvalue weighted by Crippen LogP contribution is -2.42. The van der Waals surface area contributed by atoms with Crippen molar-refractivity contribution >= 4 is 9.84 Å². The van der Waals surface area contributed by atoms with Crippen molar-refractivity contribution in [2.45, 2.75) is 25.7 Å². The van der Waals surface area contributed by atoms with Gasteiger partial charge in [0.05, 0.1) is 24.2 Å². The van der Waals surface area contributed by atoms with Crippen LogP contribution in [0.25, 0.3) is 0 Å². The third-order valence-electron chi connectivity index (χ3n) is 3.91. The molecule has 5 unspecified atom stereocenters. The highest BCUT2D eigenvalue weighted by atomic mass is 32.2. The lowest BCUT2D eigenvalue weighted by atomic mass is 9.80. The van der Waals surface area contributed by atoms with E-state index in [9.17, 15) is 8.42 Å². The summed E-state index contributed by atoms with van der Waals surface area (Å²) in [7, 11) is -2.90. The molecule has 3 fully saturated rings. The highest BCUT2D eigenvalue weighted by Crippen LogP contribution is 2.46. The van der Waals surface area contributed by atoms with Gasteiger partial charge in [-0.1, -0.05) is 6.92 Å². The summed E-state index contributed by atoms with van der Waals surface area (Å²) >= 11 is 0. The first kappa shape index (κ1) is 10.1. The summed E-state index contributed by atoms with van der Waals surface area (Å²) in [5.41, 5.74) is 0. The number of hydrogen-bond acceptors (Lipinski definition) is 4. The first-order valence-electron chi connectivity index (χ1n) is 5.54. The summed E-state index contributed by atoms with van der Waals surface area (Å²) in [6.07, 6.45) is 0.778. The van der Waals surface area contributed by atoms with Crippen molar-refractivity contribution in [1.29, 1.82) is 0 Å². The van der Waals surface area contributed by atoms with Gasteiger partial charge in [0.15, 0.2) is 16.1 Å². The minimum atomic E-state index is -2.90. The van der Waals surface area contributed by atoms with Gasteiger partial charge in [-0.15, -0.1) is 0 Å². The van der Waals surface area contributed by atoms with Gasteiger partial charge in [-0.2, -0.15) is 0 Å². The maximum atomic E-state index is 11.6. The van der Waals surface area contributed by atoms with Crippen molar-refractivity contribution in [3.63, 3.8) is 0 Å². The van der Waals surface area contributed by atoms with Crippen LogP contribution in [0.1, 0.15) is 13.3 Å². The molecular formula is C10H16O4S. The Morgan fingerprint density at radius 3 is 2.87 bits per heavy atom. The summed E-state index contributed by atoms with van der Waals surface area (Å²) in [5, 5.41) is 0. The Morgan fingerprint density at radius 1 is 1.27 bits per heavy atom. The highest BCUT2D eigenvalue weighted by Gasteiger charge is 2.53. The SMILES string of the molecule is CC1CS(=O)(=O)CC2OC3OCCC3C12. The van der Waals surface area contributed by atoms with Gasteiger partial charge in [0.2, 0.25) is 0 Å². The number of ether oxygens (including phenoxy) is 2. The Hall–Kier alpha value is -0.130. The van der Waals surface area contributed by atoms with Gasteiger partial charge in [-0.3, -0.25) is 0 Å². The van der Waals surface area contributed by atoms with Gasteiger partial charge in [0, 0.05) is 5.92 Å². The molecule has 5 atom stereocenters. The van der Waals surface area contributed by atoms with E-state index >= 15 is 0 Å². The van der Waals surface area contributed by atoms with Gasteiger partial charge < -0.3 is 9.47 Å². The third kappa shape index (κ3) is 1.52. The fraction of sp³-hybridized carbons (Fsp3) is 1.00. The van der Waals surface area contributed by atoms with Crippen LogP contribution in [0.2, 0.25) is 0 Å². The predicted octanol–water partition coefficient (Wildman–Crippen LogP) is 0.429. The maximum Gasteiger partial charge on any atom is 0.161 e. The molecule has 0 aliphatic carbocycles. The molecule has 0 bridgehead atoms. The van der Waals surface area contributed by atoms with Crippen LogP contribution in [-0.2, 0) is 19.3 Å². The van der Waals surface area contributed by atoms with Crippen LogP contribution in [0.3, 0.4) is 0 Å². The molecule has 3 aliphatic rings. The van der Waals surface area contributed by atoms with E-state index in [0.29, 0.717) is 17.6 Å². The Bertz CT molecular complexity index is 364. The molecule has 0 aromatic heterocycles. The molecule has 0 saturated carbocycles. The average molecular weight is 232 g/mol. The summed E-state index contributed by atoms with van der Waals surface area (Å²) in [6.45, 7) is 2.79. The van der Waals surface area contributed by atoms with Crippen molar-refractivity contribution < 1.29 is 17.9 Å². The maximum absolute atomic E-state index is 11.6. The zero-order chi connectivity index (χ0) is 10.6. The molecule has 0 aromatic carbocycles. The molecule has 3 heterocycles. The zero-order valence-corrected chi connectivity index (χ0v) is 9.57. The molecular weight excluding hydrogens is 216 g/mol. The van der Waals surface area contributed by atoms with Crippen LogP contribution < -0.4 is 0 Å². The molecule has 0 radical (unpaired) electrons. The monoisotopic (exact) mass is 232 g/mol. The van der Waals surface area contributed by atoms with Crippen LogP contribution in [0.15, 0.2) is 0 Å². The molecule has 0 spiro atoms. The predicted molar refractivity (Wildman–Crippen MR) is 54.0 cm³/mol. The quantitative estimate of drug-likeness (QED) is 0.607. The van der Waals surface area contributed by atoms with Crippen LogP contribution in [-0.4, -0.2) is 38.9 Å². The van der Waals surface area contributed by atoms with Crippen molar-refractivity contribution in [3.05, 3.63) is 0 Å². The first-order chi connectivity index (χ1) is 7.07. The number of sulfone groups is 1. The van der Waals surface area contributed by atoms with Crippen LogP contribution in [0, 0.1) is 17.8 Å². The minimum absolute atomic E-state index is 0.117. The molecule has 3 rings (SSSR count). The zero-order valence-electron chi connectivity index (χ0n) is 8.76. The van der Waals surface area contributed by atoms with Crippen molar-refractivity contribution in [1.82, 2.24) is 0 Å². The molecule has 0 amide bonds. The van der Waals surface area contributed by atoms with Crippen molar-refractivity contribution in [2.24, 2.45) is 17.8 Å². The number of fused-ring (bicyclic) bond motifs is 3. The van der Waals surface area contributed by atoms with Crippen molar-refractivity contribution in [2.75, 3.05) is 18.1 Å². The Labute approximate surface area is 89.9 Å². The lowest BCUT2D eigenvalue weighted by molar-refractivity contribution is -0.113. The van der Waals surface area contributed by atoms with Gasteiger partial charge in [0.1, 0.15) is 0 Å². The van der Waals surface area contributed by atoms with Crippen molar-refractivity contribution in [3.8, 4) is 0 Å². The summed E-state index contributed by atoms with van der Waals surface area (Å²) in [4.78, 5) is 0. The summed E-state index contributed by atoms with van der Waals surface area (Å²) in [6, 6.07) is 0. The summed E-state index contributed by atoms with van der Waals surface area (Å²) in [5.74, 6) is 1.55. The van der Waals surface area contributed by atoms with E-state index in [4.69, 9.17) is 9.47 Å². The second-order valence-corrected chi connectivity index (χ2v) is 7.15. The standard InChI is InChI=1S/C10H16O4S/c1-6-4-15(11,12)5-8-9(6)7-2-3-13-10(7)14-8/h6-10H,2-5H2,1H3. The average Bonchev–Trinajstić information content (AvgIpc) is 2.58. The van der Waals surface area contributed by atoms with E-state index in [1.54, 1.807) is 0 Å². The van der Waals surface area contributed by atoms with Crippen LogP contribution >= 0.6 is 0 Å². The second-order valence-electron chi connectivity index (χ2n) is 5.00. The van der Waals surface area contributed by atoms with Gasteiger partial charge in [0.25, 0.3) is 0 Å². The van der Waals surface area contributed by atoms with E-state index < -0.39 is 9.84 Å². The van der Waals surface area contributed by atoms with E-state index in [-0.39, 0.29) is 24.1 Å². The fourth-order valence-electron chi connectivity index (χ4n) is 3.40. The third-order valence-corrected chi connectivity index (χ3v) is 5.78. The molecule has 15 heavy (non-hydrogen) atoms. The second kappa shape index (κ2) is 3.18. The lowest BCUT2D eigenvalue weighted by Gasteiger charge is -2.32. The summed E-state index contributed by atoms with van der Waals surface area (Å²) < 4.78 is 34.4. The normalized spacial score (nSPS) is 52.5. The van der Waals surface area contributed by atoms with Crippen LogP contribution in [0.5, 0.6) is 0 Å². The minimum Gasteiger partial charge on any atom is -0.352 e. The van der Waals surface area contributed by atoms with E-state index in [2.05, 4.69) is 0 Å². The van der Waals surface area contributed by atoms with Crippen LogP contribution in [0.4, 0.5) is 0 Å². The first-order valence-corrected chi connectivity index (χ1v) is 7.36. The van der Waals surface area contributed by atoms with E-state index in [0.717, 1.165) is 13.0 Å². The molecule has 86 valence electrons. The molecule has 0 aromatic rings. The van der Waals surface area contributed by atoms with E-state index in [1.807, 2.05) is 6.92 Å². The molecule has 3 aliphatic heterocycles. The largest absolute Gasteiger partial charge is 0.352 e. The number of hydrogen-bond donors (Lipinski definition) is 0. The fourth-order valence-corrected chi connectivity index (χ4v) is 5.36. The smallest absolute Gasteiger partial charge is 0.161 e. The Balaban J connectivity index is 1.89. The van der Waals surface area contributed by atoms with E-state index in [1.165, 1.54) is 0 Å². The molecule has 5 heteroatoms. The van der Waals surface area contributed by atoms with Gasteiger partial charge in [-0.05, 0) is 18.3 Å². The highest BCUT2D eigenvalue weighted by molar-refractivity contribution is 7.91. The van der Waals surface area contributed by atoms with Gasteiger partial charge in [-0.25, -0.2) is 8.42 Å². The Morgan fingerprint density at radius 2 is 2.07 bits per heavy atom. The molecule has 3 saturated heterocycles. The topological polar surface area (TPSA) is 52.6 Å². The van der Waals surface area contributed by atoms with Gasteiger partial charge >= 0.3 is 0 Å². The molecule has 4 nitrogen and oxygen atoms in total. The molecule has 0 N–H and O–H groups in total. The number of rotatable bonds is 0. The Kier molecular flexibility index (Phi) is 2.13.